The van der Waals surface area contributed by atoms with E-state index in [1.54, 1.807) is 26.0 Å². The fraction of sp³-hybridized carbons (Fsp3) is 0.350. The van der Waals surface area contributed by atoms with Crippen LogP contribution in [0.15, 0.2) is 48.5 Å². The first-order valence-corrected chi connectivity index (χ1v) is 8.40. The van der Waals surface area contributed by atoms with Crippen molar-refractivity contribution in [2.24, 2.45) is 0 Å². The van der Waals surface area contributed by atoms with Crippen molar-refractivity contribution in [2.75, 3.05) is 20.7 Å². The molecule has 0 radical (unpaired) electrons. The van der Waals surface area contributed by atoms with Gasteiger partial charge in [0.2, 0.25) is 0 Å². The molecule has 1 atom stereocenters. The second kappa shape index (κ2) is 9.08. The number of hydrogen-bond donors (Lipinski definition) is 2. The molecule has 0 aliphatic heterocycles. The Labute approximate surface area is 149 Å². The first-order chi connectivity index (χ1) is 12.0. The number of benzene rings is 2. The first-order valence-electron chi connectivity index (χ1n) is 8.40. The Bertz CT molecular complexity index is 666. The van der Waals surface area contributed by atoms with Crippen molar-refractivity contribution in [3.05, 3.63) is 54.1 Å². The normalized spacial score (nSPS) is 11.7. The van der Waals surface area contributed by atoms with Crippen molar-refractivity contribution in [3.63, 3.8) is 0 Å². The minimum absolute atomic E-state index is 0.139. The van der Waals surface area contributed by atoms with Crippen molar-refractivity contribution >= 4 is 6.03 Å². The zero-order valence-corrected chi connectivity index (χ0v) is 15.0. The van der Waals surface area contributed by atoms with Gasteiger partial charge in [-0.25, -0.2) is 4.79 Å². The van der Waals surface area contributed by atoms with Gasteiger partial charge in [0.15, 0.2) is 0 Å². The van der Waals surface area contributed by atoms with Crippen molar-refractivity contribution < 1.29 is 14.6 Å². The zero-order chi connectivity index (χ0) is 18.2. The third-order valence-electron chi connectivity index (χ3n) is 4.05. The van der Waals surface area contributed by atoms with Gasteiger partial charge in [-0.05, 0) is 42.2 Å². The Morgan fingerprint density at radius 3 is 2.20 bits per heavy atom. The topological polar surface area (TPSA) is 61.8 Å². The third kappa shape index (κ3) is 5.80. The second-order valence-electron chi connectivity index (χ2n) is 6.14. The lowest BCUT2D eigenvalue weighted by atomic mass is 10.0. The molecule has 5 heteroatoms. The number of ether oxygens (including phenoxy) is 1. The van der Waals surface area contributed by atoms with Gasteiger partial charge >= 0.3 is 6.03 Å². The maximum Gasteiger partial charge on any atom is 0.317 e. The monoisotopic (exact) mass is 342 g/mol. The van der Waals surface area contributed by atoms with Crippen LogP contribution in [0.5, 0.6) is 5.75 Å². The number of aliphatic hydroxyl groups excluding tert-OH is 1. The SMILES string of the molecule is COc1ccc(-c2ccc(CNC(=O)N(C)CCC(C)O)cc2)cc1. The van der Waals surface area contributed by atoms with Gasteiger partial charge in [0.1, 0.15) is 5.75 Å². The smallest absolute Gasteiger partial charge is 0.317 e. The van der Waals surface area contributed by atoms with Crippen molar-refractivity contribution in [1.29, 1.82) is 0 Å². The molecule has 2 amide bonds. The van der Waals surface area contributed by atoms with Crippen LogP contribution in [0.25, 0.3) is 11.1 Å². The Hall–Kier alpha value is -2.53. The van der Waals surface area contributed by atoms with Gasteiger partial charge in [-0.2, -0.15) is 0 Å². The summed E-state index contributed by atoms with van der Waals surface area (Å²) in [5, 5.41) is 12.2. The highest BCUT2D eigenvalue weighted by molar-refractivity contribution is 5.73. The van der Waals surface area contributed by atoms with Gasteiger partial charge in [0.05, 0.1) is 13.2 Å². The zero-order valence-electron chi connectivity index (χ0n) is 15.0. The Balaban J connectivity index is 1.88. The lowest BCUT2D eigenvalue weighted by Crippen LogP contribution is -2.38. The maximum absolute atomic E-state index is 12.0. The standard InChI is InChI=1S/C20H26N2O3/c1-15(23)12-13-22(2)20(24)21-14-16-4-6-17(7-5-16)18-8-10-19(25-3)11-9-18/h4-11,15,23H,12-14H2,1-3H3,(H,21,24). The number of urea groups is 1. The van der Waals surface area contributed by atoms with E-state index in [9.17, 15) is 9.90 Å². The van der Waals surface area contributed by atoms with Crippen LogP contribution in [0.2, 0.25) is 0 Å². The first kappa shape index (κ1) is 18.8. The van der Waals surface area contributed by atoms with Crippen LogP contribution in [-0.4, -0.2) is 42.8 Å². The van der Waals surface area contributed by atoms with Crippen LogP contribution in [0, 0.1) is 0 Å². The molecule has 0 saturated heterocycles. The molecule has 2 aromatic rings. The predicted octanol–water partition coefficient (Wildman–Crippen LogP) is 3.27. The van der Waals surface area contributed by atoms with Gasteiger partial charge < -0.3 is 20.1 Å². The molecule has 0 saturated carbocycles. The van der Waals surface area contributed by atoms with Crippen LogP contribution in [0.1, 0.15) is 18.9 Å². The number of carbonyl (C=O) groups is 1. The van der Waals surface area contributed by atoms with Crippen LogP contribution in [-0.2, 0) is 6.54 Å². The quantitative estimate of drug-likeness (QED) is 0.812. The molecular weight excluding hydrogens is 316 g/mol. The molecule has 0 aliphatic rings. The molecule has 0 bridgehead atoms. The van der Waals surface area contributed by atoms with E-state index < -0.39 is 6.10 Å². The van der Waals surface area contributed by atoms with E-state index in [-0.39, 0.29) is 6.03 Å². The summed E-state index contributed by atoms with van der Waals surface area (Å²) in [6.07, 6.45) is 0.168. The molecule has 0 heterocycles. The van der Waals surface area contributed by atoms with E-state index >= 15 is 0 Å². The molecule has 0 spiro atoms. The summed E-state index contributed by atoms with van der Waals surface area (Å²) in [5.41, 5.74) is 3.27. The number of methoxy groups -OCH3 is 1. The van der Waals surface area contributed by atoms with Crippen LogP contribution >= 0.6 is 0 Å². The molecule has 0 aromatic heterocycles. The summed E-state index contributed by atoms with van der Waals surface area (Å²) < 4.78 is 5.17. The number of hydrogen-bond acceptors (Lipinski definition) is 3. The molecule has 5 nitrogen and oxygen atoms in total. The van der Waals surface area contributed by atoms with E-state index in [4.69, 9.17) is 4.74 Å². The minimum atomic E-state index is -0.402. The summed E-state index contributed by atoms with van der Waals surface area (Å²) in [5.74, 6) is 0.836. The van der Waals surface area contributed by atoms with Crippen molar-refractivity contribution in [1.82, 2.24) is 10.2 Å². The van der Waals surface area contributed by atoms with Gasteiger partial charge in [-0.15, -0.1) is 0 Å². The molecule has 2 aromatic carbocycles. The number of carbonyl (C=O) groups excluding carboxylic acids is 1. The van der Waals surface area contributed by atoms with Crippen LogP contribution in [0.4, 0.5) is 4.79 Å². The van der Waals surface area contributed by atoms with E-state index in [2.05, 4.69) is 5.32 Å². The predicted molar refractivity (Wildman–Crippen MR) is 99.6 cm³/mol. The Morgan fingerprint density at radius 2 is 1.68 bits per heavy atom. The lowest BCUT2D eigenvalue weighted by molar-refractivity contribution is 0.163. The molecule has 2 N–H and O–H groups in total. The highest BCUT2D eigenvalue weighted by atomic mass is 16.5. The highest BCUT2D eigenvalue weighted by Gasteiger charge is 2.09. The van der Waals surface area contributed by atoms with E-state index in [0.717, 1.165) is 22.4 Å². The van der Waals surface area contributed by atoms with Gasteiger partial charge in [-0.3, -0.25) is 0 Å². The number of rotatable bonds is 7. The molecule has 2 rings (SSSR count). The Morgan fingerprint density at radius 1 is 1.12 bits per heavy atom. The van der Waals surface area contributed by atoms with Gasteiger partial charge in [0, 0.05) is 20.1 Å². The summed E-state index contributed by atoms with van der Waals surface area (Å²) in [6, 6.07) is 15.9. The van der Waals surface area contributed by atoms with Crippen molar-refractivity contribution in [3.8, 4) is 16.9 Å². The largest absolute Gasteiger partial charge is 0.497 e. The van der Waals surface area contributed by atoms with Gasteiger partial charge in [0.25, 0.3) is 0 Å². The average molecular weight is 342 g/mol. The Kier molecular flexibility index (Phi) is 6.83. The molecular formula is C20H26N2O3. The molecule has 134 valence electrons. The van der Waals surface area contributed by atoms with Gasteiger partial charge in [-0.1, -0.05) is 36.4 Å². The highest BCUT2D eigenvalue weighted by Crippen LogP contribution is 2.22. The number of amides is 2. The number of nitrogens with zero attached hydrogens (tertiary/aromatic N) is 1. The fourth-order valence-corrected chi connectivity index (χ4v) is 2.39. The van der Waals surface area contributed by atoms with E-state index in [1.807, 2.05) is 48.5 Å². The fourth-order valence-electron chi connectivity index (χ4n) is 2.39. The number of aliphatic hydroxyl groups is 1. The van der Waals surface area contributed by atoms with Crippen molar-refractivity contribution in [2.45, 2.75) is 26.0 Å². The molecule has 0 fully saturated rings. The second-order valence-corrected chi connectivity index (χ2v) is 6.14. The summed E-state index contributed by atoms with van der Waals surface area (Å²) in [6.45, 7) is 2.72. The van der Waals surface area contributed by atoms with Crippen LogP contribution in [0.3, 0.4) is 0 Å². The average Bonchev–Trinajstić information content (AvgIpc) is 2.64. The third-order valence-corrected chi connectivity index (χ3v) is 4.05. The summed E-state index contributed by atoms with van der Waals surface area (Å²) >= 11 is 0. The summed E-state index contributed by atoms with van der Waals surface area (Å²) in [4.78, 5) is 13.6. The minimum Gasteiger partial charge on any atom is -0.497 e. The van der Waals surface area contributed by atoms with E-state index in [0.29, 0.717) is 19.5 Å². The molecule has 1 unspecified atom stereocenters. The van der Waals surface area contributed by atoms with E-state index in [1.165, 1.54) is 0 Å². The number of nitrogens with one attached hydrogen (secondary N) is 1. The molecule has 25 heavy (non-hydrogen) atoms. The molecule has 0 aliphatic carbocycles. The lowest BCUT2D eigenvalue weighted by Gasteiger charge is -2.18. The van der Waals surface area contributed by atoms with Crippen LogP contribution < -0.4 is 10.1 Å². The maximum atomic E-state index is 12.0. The summed E-state index contributed by atoms with van der Waals surface area (Å²) in [7, 11) is 3.38.